The van der Waals surface area contributed by atoms with Crippen molar-refractivity contribution in [2.75, 3.05) is 0 Å². The first-order valence-electron chi connectivity index (χ1n) is 7.86. The third-order valence-corrected chi connectivity index (χ3v) is 7.47. The molecule has 2 unspecified atom stereocenters. The van der Waals surface area contributed by atoms with Crippen molar-refractivity contribution in [3.05, 3.63) is 29.3 Å². The first-order valence-corrected chi connectivity index (χ1v) is 9.34. The zero-order valence-corrected chi connectivity index (χ0v) is 14.6. The molecule has 0 spiro atoms. The maximum atomic E-state index is 2.47. The summed E-state index contributed by atoms with van der Waals surface area (Å²) in [7, 11) is -0.0232. The Morgan fingerprint density at radius 2 is 1.47 bits per heavy atom. The Labute approximate surface area is 121 Å². The normalized spacial score (nSPS) is 16.1. The van der Waals surface area contributed by atoms with Gasteiger partial charge in [-0.3, -0.25) is 0 Å². The van der Waals surface area contributed by atoms with E-state index in [1.165, 1.54) is 36.8 Å². The van der Waals surface area contributed by atoms with Crippen LogP contribution in [-0.4, -0.2) is 11.3 Å². The van der Waals surface area contributed by atoms with Gasteiger partial charge in [-0.15, -0.1) is 0 Å². The van der Waals surface area contributed by atoms with Crippen molar-refractivity contribution in [3.63, 3.8) is 0 Å². The zero-order chi connectivity index (χ0) is 14.4. The summed E-state index contributed by atoms with van der Waals surface area (Å²) in [5.41, 5.74) is 4.60. The second-order valence-electron chi connectivity index (χ2n) is 5.97. The summed E-state index contributed by atoms with van der Waals surface area (Å²) in [6, 6.07) is 7.08. The summed E-state index contributed by atoms with van der Waals surface area (Å²) < 4.78 is 0. The third-order valence-electron chi connectivity index (χ3n) is 3.99. The minimum absolute atomic E-state index is 0.0232. The fourth-order valence-corrected chi connectivity index (χ4v) is 6.73. The predicted octanol–water partition coefficient (Wildman–Crippen LogP) is 5.79. The third kappa shape index (κ3) is 4.60. The Hall–Kier alpha value is -0.350. The highest BCUT2D eigenvalue weighted by molar-refractivity contribution is 7.67. The molecule has 0 aromatic heterocycles. The van der Waals surface area contributed by atoms with E-state index in [1.54, 1.807) is 5.30 Å². The molecule has 0 radical (unpaired) electrons. The van der Waals surface area contributed by atoms with Crippen molar-refractivity contribution in [2.24, 2.45) is 0 Å². The van der Waals surface area contributed by atoms with Gasteiger partial charge in [0, 0.05) is 0 Å². The standard InChI is InChI=1S/C18H31P/c1-7-9-16(5)19(17(6)10-8-2)18-12-11-14(3)13-15(18)4/h11-13,16-17H,7-10H2,1-6H3. The Morgan fingerprint density at radius 1 is 0.947 bits per heavy atom. The van der Waals surface area contributed by atoms with E-state index in [1.807, 2.05) is 0 Å². The summed E-state index contributed by atoms with van der Waals surface area (Å²) in [6.07, 6.45) is 5.35. The van der Waals surface area contributed by atoms with E-state index in [0.717, 1.165) is 11.3 Å². The lowest BCUT2D eigenvalue weighted by molar-refractivity contribution is 0.741. The van der Waals surface area contributed by atoms with Gasteiger partial charge < -0.3 is 0 Å². The zero-order valence-electron chi connectivity index (χ0n) is 13.7. The molecule has 0 saturated heterocycles. The van der Waals surface area contributed by atoms with Crippen molar-refractivity contribution in [1.29, 1.82) is 0 Å². The molecule has 0 fully saturated rings. The molecule has 0 saturated carbocycles. The largest absolute Gasteiger partial charge is 0.0692 e. The highest BCUT2D eigenvalue weighted by atomic mass is 31.1. The van der Waals surface area contributed by atoms with Gasteiger partial charge in [0.1, 0.15) is 0 Å². The molecule has 0 bridgehead atoms. The first-order chi connectivity index (χ1) is 9.01. The van der Waals surface area contributed by atoms with Crippen LogP contribution in [-0.2, 0) is 0 Å². The quantitative estimate of drug-likeness (QED) is 0.554. The van der Waals surface area contributed by atoms with Gasteiger partial charge in [0.2, 0.25) is 0 Å². The Morgan fingerprint density at radius 3 is 1.89 bits per heavy atom. The molecule has 0 aliphatic rings. The second-order valence-corrected chi connectivity index (χ2v) is 9.03. The van der Waals surface area contributed by atoms with E-state index >= 15 is 0 Å². The van der Waals surface area contributed by atoms with Crippen LogP contribution in [0, 0.1) is 13.8 Å². The van der Waals surface area contributed by atoms with Gasteiger partial charge in [-0.25, -0.2) is 0 Å². The highest BCUT2D eigenvalue weighted by Gasteiger charge is 2.25. The summed E-state index contributed by atoms with van der Waals surface area (Å²) in [4.78, 5) is 0. The van der Waals surface area contributed by atoms with Gasteiger partial charge in [-0.05, 0) is 48.9 Å². The van der Waals surface area contributed by atoms with E-state index < -0.39 is 0 Å². The molecule has 1 aromatic carbocycles. The maximum absolute atomic E-state index is 2.47. The SMILES string of the molecule is CCCC(C)P(c1ccc(C)cc1C)C(C)CCC. The van der Waals surface area contributed by atoms with E-state index in [9.17, 15) is 0 Å². The van der Waals surface area contributed by atoms with Gasteiger partial charge >= 0.3 is 0 Å². The first kappa shape index (κ1) is 16.7. The molecule has 0 aliphatic carbocycles. The van der Waals surface area contributed by atoms with Crippen molar-refractivity contribution in [2.45, 2.75) is 78.5 Å². The van der Waals surface area contributed by atoms with Crippen LogP contribution in [0.4, 0.5) is 0 Å². The van der Waals surface area contributed by atoms with Crippen molar-refractivity contribution < 1.29 is 0 Å². The Kier molecular flexibility index (Phi) is 7.08. The summed E-state index contributed by atoms with van der Waals surface area (Å²) >= 11 is 0. The predicted molar refractivity (Wildman–Crippen MR) is 91.2 cm³/mol. The molecular formula is C18H31P. The van der Waals surface area contributed by atoms with Gasteiger partial charge in [-0.2, -0.15) is 0 Å². The van der Waals surface area contributed by atoms with Crippen LogP contribution in [0.3, 0.4) is 0 Å². The van der Waals surface area contributed by atoms with Crippen LogP contribution in [0.5, 0.6) is 0 Å². The number of hydrogen-bond acceptors (Lipinski definition) is 0. The maximum Gasteiger partial charge on any atom is -0.0195 e. The molecule has 0 heterocycles. The molecule has 1 aromatic rings. The monoisotopic (exact) mass is 278 g/mol. The van der Waals surface area contributed by atoms with Gasteiger partial charge in [0.25, 0.3) is 0 Å². The number of hydrogen-bond donors (Lipinski definition) is 0. The Bertz CT molecular complexity index is 371. The number of aryl methyl sites for hydroxylation is 2. The minimum Gasteiger partial charge on any atom is -0.0692 e. The highest BCUT2D eigenvalue weighted by Crippen LogP contribution is 2.49. The van der Waals surface area contributed by atoms with Crippen LogP contribution in [0.25, 0.3) is 0 Å². The van der Waals surface area contributed by atoms with Gasteiger partial charge in [-0.1, -0.05) is 72.2 Å². The molecule has 0 aliphatic heterocycles. The molecular weight excluding hydrogens is 247 g/mol. The lowest BCUT2D eigenvalue weighted by atomic mass is 10.2. The average Bonchev–Trinajstić information content (AvgIpc) is 2.33. The van der Waals surface area contributed by atoms with Crippen molar-refractivity contribution in [1.82, 2.24) is 0 Å². The summed E-state index contributed by atoms with van der Waals surface area (Å²) in [6.45, 7) is 14.1. The lowest BCUT2D eigenvalue weighted by Gasteiger charge is -2.32. The Balaban J connectivity index is 3.07. The molecule has 1 rings (SSSR count). The average molecular weight is 278 g/mol. The van der Waals surface area contributed by atoms with E-state index in [4.69, 9.17) is 0 Å². The van der Waals surface area contributed by atoms with Crippen LogP contribution in [0.15, 0.2) is 18.2 Å². The number of rotatable bonds is 7. The topological polar surface area (TPSA) is 0 Å². The minimum atomic E-state index is -0.0232. The van der Waals surface area contributed by atoms with Crippen LogP contribution in [0.1, 0.15) is 64.5 Å². The molecule has 19 heavy (non-hydrogen) atoms. The molecule has 0 nitrogen and oxygen atoms in total. The fourth-order valence-electron chi connectivity index (χ4n) is 3.12. The van der Waals surface area contributed by atoms with Crippen LogP contribution in [0.2, 0.25) is 0 Å². The molecule has 108 valence electrons. The fraction of sp³-hybridized carbons (Fsp3) is 0.667. The number of benzene rings is 1. The molecule has 1 heteroatoms. The summed E-state index contributed by atoms with van der Waals surface area (Å²) in [5, 5.41) is 1.66. The van der Waals surface area contributed by atoms with Gasteiger partial charge in [0.05, 0.1) is 0 Å². The molecule has 0 N–H and O–H groups in total. The van der Waals surface area contributed by atoms with Crippen LogP contribution >= 0.6 is 7.92 Å². The smallest absolute Gasteiger partial charge is 0.0195 e. The van der Waals surface area contributed by atoms with E-state index in [2.05, 4.69) is 59.7 Å². The van der Waals surface area contributed by atoms with Gasteiger partial charge in [0.15, 0.2) is 0 Å². The van der Waals surface area contributed by atoms with E-state index in [-0.39, 0.29) is 7.92 Å². The van der Waals surface area contributed by atoms with Crippen LogP contribution < -0.4 is 5.30 Å². The molecule has 0 amide bonds. The second kappa shape index (κ2) is 8.05. The van der Waals surface area contributed by atoms with Crippen molar-refractivity contribution in [3.8, 4) is 0 Å². The lowest BCUT2D eigenvalue weighted by Crippen LogP contribution is -2.21. The van der Waals surface area contributed by atoms with Crippen molar-refractivity contribution >= 4 is 13.2 Å². The molecule has 2 atom stereocenters. The summed E-state index contributed by atoms with van der Waals surface area (Å²) in [5.74, 6) is 0. The van der Waals surface area contributed by atoms with E-state index in [0.29, 0.717) is 0 Å².